The zero-order valence-electron chi connectivity index (χ0n) is 24.0. The largest absolute Gasteiger partial charge is 0.490 e. The summed E-state index contributed by atoms with van der Waals surface area (Å²) in [7, 11) is 0. The maximum atomic E-state index is 15.0. The molecule has 0 aromatic heterocycles. The van der Waals surface area contributed by atoms with Gasteiger partial charge in [0.2, 0.25) is 5.82 Å². The molecule has 1 heterocycles. The highest BCUT2D eigenvalue weighted by Gasteiger charge is 2.25. The lowest BCUT2D eigenvalue weighted by Gasteiger charge is -2.29. The van der Waals surface area contributed by atoms with Crippen molar-refractivity contribution in [2.45, 2.75) is 71.0 Å². The zero-order chi connectivity index (χ0) is 29.0. The van der Waals surface area contributed by atoms with E-state index in [0.29, 0.717) is 36.5 Å². The molecule has 1 saturated heterocycles. The molecule has 3 aromatic rings. The van der Waals surface area contributed by atoms with Gasteiger partial charge in [-0.2, -0.15) is 4.39 Å². The minimum Gasteiger partial charge on any atom is -0.490 e. The quantitative estimate of drug-likeness (QED) is 0.135. The first kappa shape index (κ1) is 30.9. The van der Waals surface area contributed by atoms with Gasteiger partial charge in [0.1, 0.15) is 5.82 Å². The van der Waals surface area contributed by atoms with Crippen LogP contribution in [0.25, 0.3) is 22.3 Å². The van der Waals surface area contributed by atoms with E-state index in [2.05, 4.69) is 13.5 Å². The molecule has 3 aromatic carbocycles. The number of benzene rings is 3. The van der Waals surface area contributed by atoms with Gasteiger partial charge in [-0.1, -0.05) is 87.9 Å². The second-order valence-corrected chi connectivity index (χ2v) is 10.8. The van der Waals surface area contributed by atoms with E-state index < -0.39 is 23.7 Å². The SMILES string of the molecule is C=CCCC1COC(c2ccc(-c3ccc(-c4ccc(OCCCCCCCCC)c(F)c4F)cc3)cc2F)OC1. The van der Waals surface area contributed by atoms with Crippen molar-refractivity contribution in [3.63, 3.8) is 0 Å². The van der Waals surface area contributed by atoms with Gasteiger partial charge >= 0.3 is 0 Å². The topological polar surface area (TPSA) is 27.7 Å². The summed E-state index contributed by atoms with van der Waals surface area (Å²) in [6, 6.07) is 14.9. The minimum atomic E-state index is -0.980. The third kappa shape index (κ3) is 8.46. The Morgan fingerprint density at radius 2 is 1.46 bits per heavy atom. The van der Waals surface area contributed by atoms with Gasteiger partial charge in [0.25, 0.3) is 0 Å². The van der Waals surface area contributed by atoms with E-state index in [9.17, 15) is 8.78 Å². The highest BCUT2D eigenvalue weighted by molar-refractivity contribution is 5.71. The Morgan fingerprint density at radius 3 is 2.15 bits per heavy atom. The lowest BCUT2D eigenvalue weighted by atomic mass is 9.98. The molecule has 0 radical (unpaired) electrons. The van der Waals surface area contributed by atoms with E-state index >= 15 is 4.39 Å². The van der Waals surface area contributed by atoms with Crippen molar-refractivity contribution in [3.05, 3.63) is 90.3 Å². The molecule has 41 heavy (non-hydrogen) atoms. The highest BCUT2D eigenvalue weighted by atomic mass is 19.2. The normalized spacial score (nSPS) is 17.0. The van der Waals surface area contributed by atoms with E-state index in [0.717, 1.165) is 37.7 Å². The number of halogens is 3. The van der Waals surface area contributed by atoms with Crippen molar-refractivity contribution >= 4 is 0 Å². The third-order valence-electron chi connectivity index (χ3n) is 7.58. The van der Waals surface area contributed by atoms with Crippen molar-refractivity contribution in [2.75, 3.05) is 19.8 Å². The van der Waals surface area contributed by atoms with E-state index in [-0.39, 0.29) is 17.2 Å². The van der Waals surface area contributed by atoms with Gasteiger partial charge in [-0.25, -0.2) is 8.78 Å². The summed E-state index contributed by atoms with van der Waals surface area (Å²) >= 11 is 0. The molecule has 1 aliphatic heterocycles. The van der Waals surface area contributed by atoms with E-state index in [1.165, 1.54) is 43.9 Å². The van der Waals surface area contributed by atoms with Crippen LogP contribution in [0, 0.1) is 23.4 Å². The molecule has 3 nitrogen and oxygen atoms in total. The molecule has 0 saturated carbocycles. The Hall–Kier alpha value is -3.09. The molecule has 6 heteroatoms. The molecular weight excluding hydrogens is 525 g/mol. The fourth-order valence-corrected chi connectivity index (χ4v) is 5.09. The van der Waals surface area contributed by atoms with Gasteiger partial charge < -0.3 is 14.2 Å². The Bertz CT molecular complexity index is 1250. The molecular formula is C35H41F3O3. The predicted molar refractivity (Wildman–Crippen MR) is 158 cm³/mol. The smallest absolute Gasteiger partial charge is 0.201 e. The monoisotopic (exact) mass is 566 g/mol. The Morgan fingerprint density at radius 1 is 0.805 bits per heavy atom. The fourth-order valence-electron chi connectivity index (χ4n) is 5.09. The second-order valence-electron chi connectivity index (χ2n) is 10.8. The van der Waals surface area contributed by atoms with Crippen LogP contribution in [0.5, 0.6) is 5.75 Å². The van der Waals surface area contributed by atoms with Gasteiger partial charge in [-0.3, -0.25) is 0 Å². The number of rotatable bonds is 15. The maximum absolute atomic E-state index is 15.0. The van der Waals surface area contributed by atoms with Crippen molar-refractivity contribution in [1.29, 1.82) is 0 Å². The summed E-state index contributed by atoms with van der Waals surface area (Å²) in [6.07, 6.45) is 10.8. The van der Waals surface area contributed by atoms with E-state index in [4.69, 9.17) is 14.2 Å². The first-order valence-corrected chi connectivity index (χ1v) is 14.9. The van der Waals surface area contributed by atoms with Crippen LogP contribution >= 0.6 is 0 Å². The van der Waals surface area contributed by atoms with Crippen LogP contribution in [0.15, 0.2) is 67.3 Å². The van der Waals surface area contributed by atoms with Crippen LogP contribution < -0.4 is 4.74 Å². The van der Waals surface area contributed by atoms with Crippen LogP contribution in [0.3, 0.4) is 0 Å². The minimum absolute atomic E-state index is 0.0670. The van der Waals surface area contributed by atoms with Crippen LogP contribution in [0.1, 0.15) is 76.6 Å². The van der Waals surface area contributed by atoms with Gasteiger partial charge in [0, 0.05) is 17.0 Å². The molecule has 1 fully saturated rings. The van der Waals surface area contributed by atoms with Crippen molar-refractivity contribution in [2.24, 2.45) is 5.92 Å². The summed E-state index contributed by atoms with van der Waals surface area (Å²) in [4.78, 5) is 0. The van der Waals surface area contributed by atoms with Gasteiger partial charge in [0.15, 0.2) is 17.9 Å². The predicted octanol–water partition coefficient (Wildman–Crippen LogP) is 10.2. The maximum Gasteiger partial charge on any atom is 0.201 e. The average Bonchev–Trinajstić information content (AvgIpc) is 3.00. The number of allylic oxidation sites excluding steroid dienone is 1. The average molecular weight is 567 g/mol. The molecule has 0 N–H and O–H groups in total. The van der Waals surface area contributed by atoms with E-state index in [1.54, 1.807) is 30.3 Å². The summed E-state index contributed by atoms with van der Waals surface area (Å²) < 4.78 is 61.8. The van der Waals surface area contributed by atoms with Gasteiger partial charge in [0.05, 0.1) is 19.8 Å². The molecule has 4 rings (SSSR count). The Balaban J connectivity index is 1.34. The Labute approximate surface area is 242 Å². The molecule has 220 valence electrons. The summed E-state index contributed by atoms with van der Waals surface area (Å²) in [6.45, 7) is 7.33. The number of ether oxygens (including phenoxy) is 3. The highest BCUT2D eigenvalue weighted by Crippen LogP contribution is 2.34. The van der Waals surface area contributed by atoms with Crippen molar-refractivity contribution in [3.8, 4) is 28.0 Å². The van der Waals surface area contributed by atoms with Crippen LogP contribution in [-0.4, -0.2) is 19.8 Å². The van der Waals surface area contributed by atoms with Gasteiger partial charge in [-0.15, -0.1) is 6.58 Å². The summed E-state index contributed by atoms with van der Waals surface area (Å²) in [5.41, 5.74) is 2.45. The second kappa shape index (κ2) is 15.8. The van der Waals surface area contributed by atoms with Gasteiger partial charge in [-0.05, 0) is 54.2 Å². The molecule has 0 unspecified atom stereocenters. The lowest BCUT2D eigenvalue weighted by Crippen LogP contribution is -2.27. The third-order valence-corrected chi connectivity index (χ3v) is 7.58. The summed E-state index contributed by atoms with van der Waals surface area (Å²) in [5.74, 6) is -2.12. The fraction of sp³-hybridized carbons (Fsp3) is 0.429. The zero-order valence-corrected chi connectivity index (χ0v) is 24.0. The first-order valence-electron chi connectivity index (χ1n) is 14.9. The van der Waals surface area contributed by atoms with Crippen LogP contribution in [-0.2, 0) is 9.47 Å². The molecule has 1 aliphatic rings. The molecule has 0 aliphatic carbocycles. The molecule has 0 amide bonds. The van der Waals surface area contributed by atoms with Crippen molar-refractivity contribution in [1.82, 2.24) is 0 Å². The molecule has 0 atom stereocenters. The lowest BCUT2D eigenvalue weighted by molar-refractivity contribution is -0.207. The van der Waals surface area contributed by atoms with Crippen molar-refractivity contribution < 1.29 is 27.4 Å². The standard InChI is InChI=1S/C35H41F3O3/c1-3-5-7-8-9-10-11-21-39-32-20-19-29(33(37)34(32)38)27-15-13-26(14-16-27)28-17-18-30(31(36)22-28)35-40-23-25(24-41-35)12-6-4-2/h4,13-20,22,25,35H,2-3,5-12,21,23-24H2,1H3. The molecule has 0 bridgehead atoms. The molecule has 0 spiro atoms. The number of hydrogen-bond acceptors (Lipinski definition) is 3. The van der Waals surface area contributed by atoms with Crippen LogP contribution in [0.2, 0.25) is 0 Å². The Kier molecular flexibility index (Phi) is 11.9. The van der Waals surface area contributed by atoms with E-state index in [1.807, 2.05) is 12.1 Å². The summed E-state index contributed by atoms with van der Waals surface area (Å²) in [5, 5.41) is 0. The number of unbranched alkanes of at least 4 members (excludes halogenated alkanes) is 6. The van der Waals surface area contributed by atoms with Crippen LogP contribution in [0.4, 0.5) is 13.2 Å². The number of hydrogen-bond donors (Lipinski definition) is 0. The first-order chi connectivity index (χ1) is 20.0.